The Morgan fingerprint density at radius 3 is 2.47 bits per heavy atom. The zero-order chi connectivity index (χ0) is 14.0. The Kier molecular flexibility index (Phi) is 3.95. The van der Waals surface area contributed by atoms with Crippen LogP contribution in [0, 0.1) is 0 Å². The van der Waals surface area contributed by atoms with Crippen LogP contribution in [0.5, 0.6) is 0 Å². The van der Waals surface area contributed by atoms with E-state index in [9.17, 15) is 4.79 Å². The zero-order valence-corrected chi connectivity index (χ0v) is 11.7. The Bertz CT molecular complexity index is 445. The number of rotatable bonds is 4. The van der Waals surface area contributed by atoms with E-state index in [2.05, 4.69) is 24.3 Å². The molecule has 1 atom stereocenters. The minimum Gasteiger partial charge on any atom is -0.395 e. The van der Waals surface area contributed by atoms with Gasteiger partial charge >= 0.3 is 6.03 Å². The molecule has 0 aromatic heterocycles. The number of urea groups is 1. The van der Waals surface area contributed by atoms with E-state index >= 15 is 0 Å². The maximum Gasteiger partial charge on any atom is 0.320 e. The third-order valence-electron chi connectivity index (χ3n) is 3.53. The van der Waals surface area contributed by atoms with E-state index in [1.54, 1.807) is 16.8 Å². The molecule has 0 saturated carbocycles. The van der Waals surface area contributed by atoms with E-state index in [0.717, 1.165) is 11.3 Å². The number of likely N-dealkylation sites (N-methyl/N-ethyl adjacent to an activating group) is 1. The van der Waals surface area contributed by atoms with Crippen LogP contribution in [0.1, 0.15) is 11.6 Å². The van der Waals surface area contributed by atoms with E-state index in [1.807, 2.05) is 19.0 Å². The van der Waals surface area contributed by atoms with Gasteiger partial charge in [0.25, 0.3) is 0 Å². The highest BCUT2D eigenvalue weighted by Crippen LogP contribution is 2.29. The summed E-state index contributed by atoms with van der Waals surface area (Å²) < 4.78 is 0. The Labute approximate surface area is 114 Å². The highest BCUT2D eigenvalue weighted by molar-refractivity contribution is 5.77. The fraction of sp³-hybridized carbons (Fsp3) is 0.500. The summed E-state index contributed by atoms with van der Waals surface area (Å²) >= 11 is 0. The normalized spacial score (nSPS) is 19.2. The van der Waals surface area contributed by atoms with Crippen molar-refractivity contribution in [3.05, 3.63) is 29.8 Å². The third kappa shape index (κ3) is 2.66. The number of aliphatic hydroxyl groups excluding tert-OH is 1. The predicted molar refractivity (Wildman–Crippen MR) is 75.3 cm³/mol. The SMILES string of the molecule is CN1CC(c2ccc(N(C)C)cc2)N(CCO)C1=O. The van der Waals surface area contributed by atoms with Crippen molar-refractivity contribution in [2.45, 2.75) is 6.04 Å². The molecule has 5 nitrogen and oxygen atoms in total. The Morgan fingerprint density at radius 2 is 1.95 bits per heavy atom. The van der Waals surface area contributed by atoms with Gasteiger partial charge in [0.05, 0.1) is 12.6 Å². The van der Waals surface area contributed by atoms with E-state index in [-0.39, 0.29) is 18.7 Å². The van der Waals surface area contributed by atoms with Crippen molar-refractivity contribution >= 4 is 11.7 Å². The summed E-state index contributed by atoms with van der Waals surface area (Å²) in [5.74, 6) is 0. The molecule has 104 valence electrons. The number of hydrogen-bond acceptors (Lipinski definition) is 3. The first kappa shape index (κ1) is 13.7. The van der Waals surface area contributed by atoms with Crippen LogP contribution >= 0.6 is 0 Å². The van der Waals surface area contributed by atoms with Crippen LogP contribution in [0.4, 0.5) is 10.5 Å². The van der Waals surface area contributed by atoms with Gasteiger partial charge in [0.2, 0.25) is 0 Å². The van der Waals surface area contributed by atoms with Crippen molar-refractivity contribution in [1.82, 2.24) is 9.80 Å². The van der Waals surface area contributed by atoms with Crippen molar-refractivity contribution in [2.24, 2.45) is 0 Å². The van der Waals surface area contributed by atoms with Gasteiger partial charge in [0, 0.05) is 39.9 Å². The van der Waals surface area contributed by atoms with Crippen molar-refractivity contribution in [1.29, 1.82) is 0 Å². The lowest BCUT2D eigenvalue weighted by Gasteiger charge is -2.23. The van der Waals surface area contributed by atoms with Crippen LogP contribution in [0.15, 0.2) is 24.3 Å². The van der Waals surface area contributed by atoms with Crippen molar-refractivity contribution in [2.75, 3.05) is 45.7 Å². The number of aliphatic hydroxyl groups is 1. The summed E-state index contributed by atoms with van der Waals surface area (Å²) in [6.07, 6.45) is 0. The molecular weight excluding hydrogens is 242 g/mol. The second-order valence-electron chi connectivity index (χ2n) is 5.08. The monoisotopic (exact) mass is 263 g/mol. The van der Waals surface area contributed by atoms with E-state index < -0.39 is 0 Å². The molecule has 5 heteroatoms. The summed E-state index contributed by atoms with van der Waals surface area (Å²) in [6.45, 7) is 1.04. The molecule has 0 spiro atoms. The molecule has 1 saturated heterocycles. The second-order valence-corrected chi connectivity index (χ2v) is 5.08. The lowest BCUT2D eigenvalue weighted by Crippen LogP contribution is -2.33. The average molecular weight is 263 g/mol. The molecule has 0 radical (unpaired) electrons. The largest absolute Gasteiger partial charge is 0.395 e. The van der Waals surface area contributed by atoms with Crippen LogP contribution in [-0.2, 0) is 0 Å². The highest BCUT2D eigenvalue weighted by Gasteiger charge is 2.35. The van der Waals surface area contributed by atoms with Gasteiger partial charge in [0.1, 0.15) is 0 Å². The van der Waals surface area contributed by atoms with Gasteiger partial charge in [-0.1, -0.05) is 12.1 Å². The Balaban J connectivity index is 2.22. The minimum atomic E-state index is -0.0178. The van der Waals surface area contributed by atoms with Crippen LogP contribution < -0.4 is 4.90 Å². The van der Waals surface area contributed by atoms with Gasteiger partial charge in [-0.15, -0.1) is 0 Å². The van der Waals surface area contributed by atoms with E-state index in [1.165, 1.54) is 0 Å². The number of β-amino-alcohol motifs (C(OH)–C–C–N with tert-alkyl or cyclic N) is 1. The minimum absolute atomic E-state index is 0.00807. The molecule has 0 bridgehead atoms. The van der Waals surface area contributed by atoms with Gasteiger partial charge in [0.15, 0.2) is 0 Å². The zero-order valence-electron chi connectivity index (χ0n) is 11.7. The van der Waals surface area contributed by atoms with Crippen LogP contribution in [-0.4, -0.2) is 61.8 Å². The standard InChI is InChI=1S/C14H21N3O2/c1-15(2)12-6-4-11(5-7-12)13-10-16(3)14(19)17(13)8-9-18/h4-7,13,18H,8-10H2,1-3H3. The quantitative estimate of drug-likeness (QED) is 0.886. The highest BCUT2D eigenvalue weighted by atomic mass is 16.3. The van der Waals surface area contributed by atoms with E-state index in [4.69, 9.17) is 5.11 Å². The third-order valence-corrected chi connectivity index (χ3v) is 3.53. The molecule has 19 heavy (non-hydrogen) atoms. The summed E-state index contributed by atoms with van der Waals surface area (Å²) in [7, 11) is 5.79. The first-order valence-corrected chi connectivity index (χ1v) is 6.44. The van der Waals surface area contributed by atoms with Crippen molar-refractivity contribution in [3.63, 3.8) is 0 Å². The Hall–Kier alpha value is -1.75. The summed E-state index contributed by atoms with van der Waals surface area (Å²) in [5, 5.41) is 9.09. The summed E-state index contributed by atoms with van der Waals surface area (Å²) in [5.41, 5.74) is 2.24. The summed E-state index contributed by atoms with van der Waals surface area (Å²) in [4.78, 5) is 17.5. The molecule has 0 aliphatic carbocycles. The number of nitrogens with zero attached hydrogens (tertiary/aromatic N) is 3. The van der Waals surface area contributed by atoms with Gasteiger partial charge < -0.3 is 19.8 Å². The lowest BCUT2D eigenvalue weighted by molar-refractivity contribution is 0.172. The summed E-state index contributed by atoms with van der Waals surface area (Å²) in [6, 6.07) is 8.22. The van der Waals surface area contributed by atoms with Crippen molar-refractivity contribution in [3.8, 4) is 0 Å². The average Bonchev–Trinajstić information content (AvgIpc) is 2.68. The van der Waals surface area contributed by atoms with Gasteiger partial charge in [-0.2, -0.15) is 0 Å². The second kappa shape index (κ2) is 5.48. The predicted octanol–water partition coefficient (Wildman–Crippen LogP) is 1.15. The molecule has 1 aromatic rings. The number of carbonyl (C=O) groups is 1. The number of anilines is 1. The first-order valence-electron chi connectivity index (χ1n) is 6.44. The molecule has 1 aromatic carbocycles. The maximum atomic E-state index is 12.0. The molecule has 1 aliphatic rings. The van der Waals surface area contributed by atoms with Gasteiger partial charge in [-0.05, 0) is 17.7 Å². The van der Waals surface area contributed by atoms with E-state index in [0.29, 0.717) is 13.1 Å². The molecule has 1 heterocycles. The fourth-order valence-corrected chi connectivity index (χ4v) is 2.43. The van der Waals surface area contributed by atoms with Crippen LogP contribution in [0.3, 0.4) is 0 Å². The smallest absolute Gasteiger partial charge is 0.320 e. The topological polar surface area (TPSA) is 47.0 Å². The molecule has 1 N–H and O–H groups in total. The molecule has 1 fully saturated rings. The van der Waals surface area contributed by atoms with Crippen molar-refractivity contribution < 1.29 is 9.90 Å². The molecule has 1 aliphatic heterocycles. The van der Waals surface area contributed by atoms with Crippen LogP contribution in [0.2, 0.25) is 0 Å². The first-order chi connectivity index (χ1) is 9.04. The number of benzene rings is 1. The number of carbonyl (C=O) groups excluding carboxylic acids is 1. The maximum absolute atomic E-state index is 12.0. The van der Waals surface area contributed by atoms with Gasteiger partial charge in [-0.3, -0.25) is 0 Å². The number of amides is 2. The Morgan fingerprint density at radius 1 is 1.32 bits per heavy atom. The number of hydrogen-bond donors (Lipinski definition) is 1. The molecule has 2 amide bonds. The fourth-order valence-electron chi connectivity index (χ4n) is 2.43. The lowest BCUT2D eigenvalue weighted by atomic mass is 10.1. The molecule has 2 rings (SSSR count). The molecular formula is C14H21N3O2. The van der Waals surface area contributed by atoms with Gasteiger partial charge in [-0.25, -0.2) is 4.79 Å². The van der Waals surface area contributed by atoms with Crippen LogP contribution in [0.25, 0.3) is 0 Å². The molecule has 1 unspecified atom stereocenters.